The second kappa shape index (κ2) is 14.1. The second-order valence-electron chi connectivity index (χ2n) is 11.1. The van der Waals surface area contributed by atoms with Crippen LogP contribution >= 0.6 is 34.7 Å². The zero-order valence-corrected chi connectivity index (χ0v) is 26.3. The summed E-state index contributed by atoms with van der Waals surface area (Å²) in [5, 5.41) is 1.28. The Labute approximate surface area is 261 Å². The number of aromatic nitrogens is 1. The maximum Gasteiger partial charge on any atom is 0.414 e. The minimum atomic E-state index is -0.394. The highest BCUT2D eigenvalue weighted by Gasteiger charge is 2.23. The van der Waals surface area contributed by atoms with Crippen LogP contribution in [0.15, 0.2) is 69.9 Å². The van der Waals surface area contributed by atoms with Crippen LogP contribution in [0.4, 0.5) is 4.39 Å². The summed E-state index contributed by atoms with van der Waals surface area (Å²) in [5.41, 5.74) is 8.93. The van der Waals surface area contributed by atoms with E-state index in [2.05, 4.69) is 59.5 Å². The predicted octanol–water partition coefficient (Wildman–Crippen LogP) is 9.36. The summed E-state index contributed by atoms with van der Waals surface area (Å²) in [4.78, 5) is 13.4. The summed E-state index contributed by atoms with van der Waals surface area (Å²) in [5.74, 6) is 1.20. The highest BCUT2D eigenvalue weighted by atomic mass is 35.5. The van der Waals surface area contributed by atoms with Crippen LogP contribution in [0.3, 0.4) is 0 Å². The molecule has 0 radical (unpaired) electrons. The van der Waals surface area contributed by atoms with Crippen LogP contribution in [-0.4, -0.2) is 35.6 Å². The molecule has 8 heteroatoms. The number of halogens is 3. The van der Waals surface area contributed by atoms with E-state index in [0.29, 0.717) is 22.4 Å². The molecule has 1 saturated heterocycles. The summed E-state index contributed by atoms with van der Waals surface area (Å²) in [7, 11) is 0. The molecule has 1 aliphatic carbocycles. The lowest BCUT2D eigenvalue weighted by Crippen LogP contribution is -2.21. The molecule has 1 aliphatic heterocycles. The standard InChI is InChI=1S/C26H19Cl2NO2S.C8H16FN/c1-15-5-7-16(8-6-15)24-20-11-9-18(25-29-32-26(30)31-25)13-17(20)3-2-4-22(24)21-12-10-19(27)14-23(21)28;1-8-3-6-10(7-8)5-2-4-9/h5-14H,2-4H2,1H3;8H,2-7H2,1H3. The smallest absolute Gasteiger partial charge is 0.394 e. The molecule has 42 heavy (non-hydrogen) atoms. The Hall–Kier alpha value is -2.77. The monoisotopic (exact) mass is 624 g/mol. The average Bonchev–Trinajstić information content (AvgIpc) is 3.55. The van der Waals surface area contributed by atoms with Crippen LogP contribution < -0.4 is 4.94 Å². The Kier molecular flexibility index (Phi) is 10.3. The minimum absolute atomic E-state index is 0.162. The van der Waals surface area contributed by atoms with E-state index >= 15 is 0 Å². The largest absolute Gasteiger partial charge is 0.414 e. The van der Waals surface area contributed by atoms with Gasteiger partial charge in [-0.15, -0.1) is 4.37 Å². The topological polar surface area (TPSA) is 46.3 Å². The zero-order valence-electron chi connectivity index (χ0n) is 24.0. The molecule has 1 fully saturated rings. The van der Waals surface area contributed by atoms with Crippen molar-refractivity contribution in [2.75, 3.05) is 26.3 Å². The molecular formula is C34H35Cl2FN2O2S. The van der Waals surface area contributed by atoms with Gasteiger partial charge < -0.3 is 9.32 Å². The van der Waals surface area contributed by atoms with E-state index in [9.17, 15) is 9.18 Å². The van der Waals surface area contributed by atoms with Crippen LogP contribution in [0.1, 0.15) is 60.4 Å². The summed E-state index contributed by atoms with van der Waals surface area (Å²) in [6.07, 6.45) is 4.78. The van der Waals surface area contributed by atoms with Crippen LogP contribution in [0.2, 0.25) is 10.0 Å². The van der Waals surface area contributed by atoms with Gasteiger partial charge in [-0.25, -0.2) is 4.79 Å². The molecule has 220 valence electrons. The van der Waals surface area contributed by atoms with E-state index in [1.165, 1.54) is 41.8 Å². The normalized spacial score (nSPS) is 17.0. The van der Waals surface area contributed by atoms with Crippen molar-refractivity contribution >= 4 is 45.9 Å². The Bertz CT molecular complexity index is 1610. The first-order chi connectivity index (χ1) is 20.3. The zero-order chi connectivity index (χ0) is 29.6. The van der Waals surface area contributed by atoms with E-state index in [1.54, 1.807) is 6.07 Å². The number of benzene rings is 3. The molecule has 0 saturated carbocycles. The number of hydrogen-bond donors (Lipinski definition) is 0. The van der Waals surface area contributed by atoms with Crippen molar-refractivity contribution in [3.05, 3.63) is 108 Å². The van der Waals surface area contributed by atoms with Gasteiger partial charge in [0.25, 0.3) is 0 Å². The first kappa shape index (κ1) is 30.7. The Morgan fingerprint density at radius 2 is 1.79 bits per heavy atom. The van der Waals surface area contributed by atoms with Crippen LogP contribution in [0, 0.1) is 12.8 Å². The number of allylic oxidation sites excluding steroid dienone is 1. The highest BCUT2D eigenvalue weighted by molar-refractivity contribution is 7.02. The number of hydrogen-bond acceptors (Lipinski definition) is 5. The van der Waals surface area contributed by atoms with Crippen LogP contribution in [0.5, 0.6) is 0 Å². The Morgan fingerprint density at radius 3 is 2.45 bits per heavy atom. The third-order valence-corrected chi connectivity index (χ3v) is 8.93. The average molecular weight is 626 g/mol. The summed E-state index contributed by atoms with van der Waals surface area (Å²) < 4.78 is 21.1. The van der Waals surface area contributed by atoms with E-state index < -0.39 is 4.94 Å². The van der Waals surface area contributed by atoms with Crippen molar-refractivity contribution < 1.29 is 8.81 Å². The third kappa shape index (κ3) is 7.41. The molecule has 1 atom stereocenters. The lowest BCUT2D eigenvalue weighted by Gasteiger charge is -2.18. The maximum atomic E-state index is 11.7. The van der Waals surface area contributed by atoms with Crippen molar-refractivity contribution in [2.45, 2.75) is 46.0 Å². The molecule has 3 aromatic carbocycles. The number of alkyl halides is 1. The molecule has 6 rings (SSSR count). The molecule has 1 unspecified atom stereocenters. The van der Waals surface area contributed by atoms with E-state index in [-0.39, 0.29) is 6.67 Å². The quantitative estimate of drug-likeness (QED) is 0.214. The van der Waals surface area contributed by atoms with Crippen molar-refractivity contribution in [3.63, 3.8) is 0 Å². The van der Waals surface area contributed by atoms with Crippen LogP contribution in [0.25, 0.3) is 22.6 Å². The van der Waals surface area contributed by atoms with Gasteiger partial charge in [-0.2, -0.15) is 0 Å². The second-order valence-corrected chi connectivity index (χ2v) is 12.7. The molecule has 1 aromatic heterocycles. The highest BCUT2D eigenvalue weighted by Crippen LogP contribution is 2.43. The molecule has 0 spiro atoms. The molecular weight excluding hydrogens is 590 g/mol. The lowest BCUT2D eigenvalue weighted by atomic mass is 9.87. The number of nitrogens with zero attached hydrogens (tertiary/aromatic N) is 2. The van der Waals surface area contributed by atoms with E-state index in [1.807, 2.05) is 18.2 Å². The number of fused-ring (bicyclic) bond motifs is 1. The molecule has 4 aromatic rings. The summed E-state index contributed by atoms with van der Waals surface area (Å²) in [6, 6.07) is 20.5. The predicted molar refractivity (Wildman–Crippen MR) is 173 cm³/mol. The van der Waals surface area contributed by atoms with Gasteiger partial charge in [0.05, 0.1) is 18.2 Å². The van der Waals surface area contributed by atoms with Crippen molar-refractivity contribution in [1.29, 1.82) is 0 Å². The van der Waals surface area contributed by atoms with Gasteiger partial charge >= 0.3 is 4.94 Å². The fraction of sp³-hybridized carbons (Fsp3) is 0.353. The van der Waals surface area contributed by atoms with Gasteiger partial charge in [0, 0.05) is 28.7 Å². The molecule has 0 amide bonds. The van der Waals surface area contributed by atoms with Crippen molar-refractivity contribution in [2.24, 2.45) is 5.92 Å². The minimum Gasteiger partial charge on any atom is -0.394 e. The number of aryl methyl sites for hydroxylation is 2. The van der Waals surface area contributed by atoms with Gasteiger partial charge in [-0.3, -0.25) is 4.39 Å². The molecule has 0 N–H and O–H groups in total. The van der Waals surface area contributed by atoms with Gasteiger partial charge in [0.15, 0.2) is 0 Å². The summed E-state index contributed by atoms with van der Waals surface area (Å²) in [6.45, 7) is 7.51. The van der Waals surface area contributed by atoms with E-state index in [0.717, 1.165) is 65.5 Å². The van der Waals surface area contributed by atoms with Crippen molar-refractivity contribution in [1.82, 2.24) is 9.27 Å². The molecule has 4 nitrogen and oxygen atoms in total. The summed E-state index contributed by atoms with van der Waals surface area (Å²) >= 11 is 13.7. The third-order valence-electron chi connectivity index (χ3n) is 7.89. The maximum absolute atomic E-state index is 11.7. The van der Waals surface area contributed by atoms with Gasteiger partial charge in [-0.1, -0.05) is 72.1 Å². The first-order valence-corrected chi connectivity index (χ1v) is 16.0. The fourth-order valence-electron chi connectivity index (χ4n) is 5.79. The SMILES string of the molecule is CC1CCN(CCCF)C1.Cc1ccc(C2=C(c3ccc(Cl)cc3Cl)CCCc3cc(-c4nsc(=O)o4)ccc32)cc1. The fourth-order valence-corrected chi connectivity index (χ4v) is 6.73. The van der Waals surface area contributed by atoms with E-state index in [4.69, 9.17) is 27.6 Å². The van der Waals surface area contributed by atoms with Gasteiger partial charge in [0.2, 0.25) is 5.89 Å². The molecule has 2 aliphatic rings. The number of likely N-dealkylation sites (tertiary alicyclic amines) is 1. The van der Waals surface area contributed by atoms with Gasteiger partial charge in [0.1, 0.15) is 0 Å². The van der Waals surface area contributed by atoms with Crippen molar-refractivity contribution in [3.8, 4) is 11.5 Å². The molecule has 2 heterocycles. The lowest BCUT2D eigenvalue weighted by molar-refractivity contribution is 0.304. The first-order valence-electron chi connectivity index (χ1n) is 14.5. The Morgan fingerprint density at radius 1 is 1.02 bits per heavy atom. The number of rotatable bonds is 6. The van der Waals surface area contributed by atoms with Gasteiger partial charge in [-0.05, 0) is 109 Å². The van der Waals surface area contributed by atoms with Crippen LogP contribution in [-0.2, 0) is 6.42 Å². The Balaban J connectivity index is 0.000000300. The molecule has 0 bridgehead atoms.